The number of rotatable bonds is 6. The third-order valence-corrected chi connectivity index (χ3v) is 3.06. The van der Waals surface area contributed by atoms with E-state index in [0.717, 1.165) is 13.0 Å². The summed E-state index contributed by atoms with van der Waals surface area (Å²) in [5.74, 6) is 0.518. The van der Waals surface area contributed by atoms with Gasteiger partial charge in [0.1, 0.15) is 5.82 Å². The van der Waals surface area contributed by atoms with E-state index < -0.39 is 0 Å². The Morgan fingerprint density at radius 3 is 2.58 bits per heavy atom. The van der Waals surface area contributed by atoms with Crippen molar-refractivity contribution in [2.24, 2.45) is 0 Å². The Hall–Kier alpha value is -1.33. The number of aromatic nitrogens is 1. The Labute approximate surface area is 119 Å². The second kappa shape index (κ2) is 7.31. The highest BCUT2D eigenvalue weighted by molar-refractivity contribution is 6.33. The lowest BCUT2D eigenvalue weighted by atomic mass is 10.2. The van der Waals surface area contributed by atoms with Crippen molar-refractivity contribution < 1.29 is 4.79 Å². The first-order valence-corrected chi connectivity index (χ1v) is 6.57. The molecule has 0 atom stereocenters. The van der Waals surface area contributed by atoms with Crippen molar-refractivity contribution in [2.75, 3.05) is 46.6 Å². The van der Waals surface area contributed by atoms with Gasteiger partial charge in [0.15, 0.2) is 0 Å². The minimum Gasteiger partial charge on any atom is -0.372 e. The summed E-state index contributed by atoms with van der Waals surface area (Å²) in [6.07, 6.45) is 2.48. The zero-order chi connectivity index (χ0) is 14.4. The maximum atomic E-state index is 12.2. The molecule has 19 heavy (non-hydrogen) atoms. The summed E-state index contributed by atoms with van der Waals surface area (Å²) in [4.78, 5) is 20.1. The molecule has 106 valence electrons. The van der Waals surface area contributed by atoms with Crippen molar-refractivity contribution in [3.05, 3.63) is 22.8 Å². The smallest absolute Gasteiger partial charge is 0.255 e. The Bertz CT molecular complexity index is 437. The van der Waals surface area contributed by atoms with Gasteiger partial charge < -0.3 is 15.1 Å². The van der Waals surface area contributed by atoms with Gasteiger partial charge in [0, 0.05) is 26.8 Å². The second-order valence-corrected chi connectivity index (χ2v) is 5.10. The monoisotopic (exact) mass is 284 g/mol. The van der Waals surface area contributed by atoms with Gasteiger partial charge in [0.05, 0.1) is 10.6 Å². The van der Waals surface area contributed by atoms with Crippen LogP contribution in [0.25, 0.3) is 0 Å². The Morgan fingerprint density at radius 1 is 1.37 bits per heavy atom. The van der Waals surface area contributed by atoms with Gasteiger partial charge in [-0.1, -0.05) is 11.6 Å². The molecule has 0 aliphatic heterocycles. The van der Waals surface area contributed by atoms with E-state index in [4.69, 9.17) is 11.6 Å². The van der Waals surface area contributed by atoms with Gasteiger partial charge in [0.2, 0.25) is 0 Å². The number of nitrogens with zero attached hydrogens (tertiary/aromatic N) is 3. The molecule has 0 saturated heterocycles. The molecule has 0 aliphatic rings. The van der Waals surface area contributed by atoms with E-state index in [1.165, 1.54) is 0 Å². The summed E-state index contributed by atoms with van der Waals surface area (Å²) in [5, 5.41) is 3.32. The predicted molar refractivity (Wildman–Crippen MR) is 78.9 cm³/mol. The van der Waals surface area contributed by atoms with E-state index in [9.17, 15) is 4.79 Å². The molecule has 1 amide bonds. The normalized spacial score (nSPS) is 10.6. The number of amides is 1. The van der Waals surface area contributed by atoms with E-state index in [1.54, 1.807) is 31.3 Å². The lowest BCUT2D eigenvalue weighted by Crippen LogP contribution is -2.29. The molecule has 0 aliphatic carbocycles. The van der Waals surface area contributed by atoms with E-state index in [-0.39, 0.29) is 5.91 Å². The van der Waals surface area contributed by atoms with E-state index in [0.29, 0.717) is 22.9 Å². The lowest BCUT2D eigenvalue weighted by molar-refractivity contribution is 0.0790. The zero-order valence-electron chi connectivity index (χ0n) is 11.9. The van der Waals surface area contributed by atoms with Crippen molar-refractivity contribution in [2.45, 2.75) is 6.42 Å². The number of pyridine rings is 1. The first-order valence-electron chi connectivity index (χ1n) is 6.19. The highest BCUT2D eigenvalue weighted by atomic mass is 35.5. The van der Waals surface area contributed by atoms with Crippen molar-refractivity contribution in [3.8, 4) is 0 Å². The number of anilines is 1. The molecule has 0 aromatic carbocycles. The van der Waals surface area contributed by atoms with Crippen LogP contribution < -0.4 is 5.32 Å². The van der Waals surface area contributed by atoms with Crippen LogP contribution in [-0.4, -0.2) is 62.0 Å². The number of nitrogens with one attached hydrogen (secondary N) is 1. The van der Waals surface area contributed by atoms with E-state index in [1.807, 2.05) is 14.1 Å². The predicted octanol–water partition coefficient (Wildman–Crippen LogP) is 1.80. The standard InChI is InChI=1S/C13H21ClN4O/c1-15-12-11(14)8-10(9-16-12)13(19)18(4)7-5-6-17(2)3/h8-9H,5-7H2,1-4H3,(H,15,16). The Kier molecular flexibility index (Phi) is 6.05. The van der Waals surface area contributed by atoms with Gasteiger partial charge >= 0.3 is 0 Å². The van der Waals surface area contributed by atoms with Crippen LogP contribution in [0.1, 0.15) is 16.8 Å². The molecule has 0 spiro atoms. The van der Waals surface area contributed by atoms with Crippen LogP contribution >= 0.6 is 11.6 Å². The Balaban J connectivity index is 2.64. The van der Waals surface area contributed by atoms with Crippen LogP contribution in [0.2, 0.25) is 5.02 Å². The number of hydrogen-bond donors (Lipinski definition) is 1. The molecule has 6 heteroatoms. The third-order valence-electron chi connectivity index (χ3n) is 2.77. The van der Waals surface area contributed by atoms with Crippen molar-refractivity contribution in [1.82, 2.24) is 14.8 Å². The summed E-state index contributed by atoms with van der Waals surface area (Å²) in [7, 11) is 7.56. The number of carbonyl (C=O) groups excluding carboxylic acids is 1. The summed E-state index contributed by atoms with van der Waals surface area (Å²) >= 11 is 6.02. The van der Waals surface area contributed by atoms with Crippen LogP contribution in [0, 0.1) is 0 Å². The first kappa shape index (κ1) is 15.7. The minimum absolute atomic E-state index is 0.0594. The fraction of sp³-hybridized carbons (Fsp3) is 0.538. The molecule has 0 radical (unpaired) electrons. The van der Waals surface area contributed by atoms with Gasteiger partial charge in [-0.15, -0.1) is 0 Å². The quantitative estimate of drug-likeness (QED) is 0.865. The molecule has 0 saturated carbocycles. The highest BCUT2D eigenvalue weighted by Crippen LogP contribution is 2.20. The van der Waals surface area contributed by atoms with Crippen LogP contribution in [-0.2, 0) is 0 Å². The van der Waals surface area contributed by atoms with Crippen molar-refractivity contribution in [3.63, 3.8) is 0 Å². The molecule has 5 nitrogen and oxygen atoms in total. The fourth-order valence-electron chi connectivity index (χ4n) is 1.68. The summed E-state index contributed by atoms with van der Waals surface area (Å²) in [6, 6.07) is 1.64. The maximum Gasteiger partial charge on any atom is 0.255 e. The summed E-state index contributed by atoms with van der Waals surface area (Å²) in [6.45, 7) is 1.66. The molecule has 1 N–H and O–H groups in total. The average Bonchev–Trinajstić information content (AvgIpc) is 2.37. The third kappa shape index (κ3) is 4.69. The largest absolute Gasteiger partial charge is 0.372 e. The van der Waals surface area contributed by atoms with Gasteiger partial charge in [-0.2, -0.15) is 0 Å². The molecule has 0 unspecified atom stereocenters. The number of hydrogen-bond acceptors (Lipinski definition) is 4. The fourth-order valence-corrected chi connectivity index (χ4v) is 1.95. The maximum absolute atomic E-state index is 12.2. The van der Waals surface area contributed by atoms with Crippen molar-refractivity contribution in [1.29, 1.82) is 0 Å². The van der Waals surface area contributed by atoms with Crippen LogP contribution in [0.3, 0.4) is 0 Å². The summed E-state index contributed by atoms with van der Waals surface area (Å²) in [5.41, 5.74) is 0.511. The molecule has 1 rings (SSSR count). The zero-order valence-corrected chi connectivity index (χ0v) is 12.7. The van der Waals surface area contributed by atoms with Gasteiger partial charge in [0.25, 0.3) is 5.91 Å². The molecule has 1 aromatic rings. The topological polar surface area (TPSA) is 48.5 Å². The SMILES string of the molecule is CNc1ncc(C(=O)N(C)CCCN(C)C)cc1Cl. The van der Waals surface area contributed by atoms with Gasteiger partial charge in [-0.05, 0) is 33.1 Å². The minimum atomic E-state index is -0.0594. The van der Waals surface area contributed by atoms with Gasteiger partial charge in [-0.25, -0.2) is 4.98 Å². The molecular formula is C13H21ClN4O. The molecular weight excluding hydrogens is 264 g/mol. The molecule has 1 heterocycles. The van der Waals surface area contributed by atoms with Crippen LogP contribution in [0.5, 0.6) is 0 Å². The van der Waals surface area contributed by atoms with E-state index >= 15 is 0 Å². The average molecular weight is 285 g/mol. The summed E-state index contributed by atoms with van der Waals surface area (Å²) < 4.78 is 0. The Morgan fingerprint density at radius 2 is 2.05 bits per heavy atom. The molecule has 0 bridgehead atoms. The molecule has 0 fully saturated rings. The lowest BCUT2D eigenvalue weighted by Gasteiger charge is -2.18. The number of halogens is 1. The van der Waals surface area contributed by atoms with Crippen molar-refractivity contribution >= 4 is 23.3 Å². The second-order valence-electron chi connectivity index (χ2n) is 4.69. The van der Waals surface area contributed by atoms with Crippen LogP contribution in [0.4, 0.5) is 5.82 Å². The molecule has 1 aromatic heterocycles. The first-order chi connectivity index (χ1) is 8.95. The van der Waals surface area contributed by atoms with Gasteiger partial charge in [-0.3, -0.25) is 4.79 Å². The van der Waals surface area contributed by atoms with Crippen LogP contribution in [0.15, 0.2) is 12.3 Å². The number of carbonyl (C=O) groups is 1. The van der Waals surface area contributed by atoms with E-state index in [2.05, 4.69) is 15.2 Å². The highest BCUT2D eigenvalue weighted by Gasteiger charge is 2.13.